The zero-order valence-electron chi connectivity index (χ0n) is 14.6. The van der Waals surface area contributed by atoms with Crippen LogP contribution < -0.4 is 11.1 Å². The minimum Gasteiger partial charge on any atom is -0.370 e. The molecule has 0 aliphatic carbocycles. The first-order chi connectivity index (χ1) is 12.1. The monoisotopic (exact) mass is 464 g/mol. The van der Waals surface area contributed by atoms with Gasteiger partial charge in [0.05, 0.1) is 0 Å². The molecule has 0 aliphatic heterocycles. The largest absolute Gasteiger partial charge is 0.370 e. The molecule has 0 spiro atoms. The summed E-state index contributed by atoms with van der Waals surface area (Å²) in [4.78, 5) is 12.8. The maximum Gasteiger partial charge on any atom is 0.276 e. The lowest BCUT2D eigenvalue weighted by Crippen LogP contribution is -2.23. The highest BCUT2D eigenvalue weighted by Crippen LogP contribution is 2.14. The number of hydrogen-bond donors (Lipinski definition) is 2. The molecule has 3 N–H and O–H groups in total. The summed E-state index contributed by atoms with van der Waals surface area (Å²) in [7, 11) is 0. The van der Waals surface area contributed by atoms with Crippen LogP contribution in [0.4, 0.5) is 5.69 Å². The van der Waals surface area contributed by atoms with E-state index in [9.17, 15) is 0 Å². The third-order valence-electron chi connectivity index (χ3n) is 3.75. The van der Waals surface area contributed by atoms with Gasteiger partial charge in [0.15, 0.2) is 11.8 Å². The van der Waals surface area contributed by atoms with Crippen LogP contribution >= 0.6 is 24.0 Å². The van der Waals surface area contributed by atoms with E-state index in [1.54, 1.807) is 6.20 Å². The number of aryl methyl sites for hydroxylation is 2. The number of nitrogens with zero attached hydrogens (tertiary/aromatic N) is 4. The van der Waals surface area contributed by atoms with Crippen molar-refractivity contribution in [3.8, 4) is 11.6 Å². The second kappa shape index (κ2) is 9.27. The van der Waals surface area contributed by atoms with E-state index in [-0.39, 0.29) is 24.0 Å². The number of nitrogens with two attached hydrogens (primary N) is 1. The molecule has 0 atom stereocenters. The Morgan fingerprint density at radius 2 is 2.04 bits per heavy atom. The molecule has 0 unspecified atom stereocenters. The van der Waals surface area contributed by atoms with Gasteiger partial charge in [-0.2, -0.15) is 4.98 Å². The van der Waals surface area contributed by atoms with E-state index in [0.717, 1.165) is 5.69 Å². The maximum absolute atomic E-state index is 5.92. The van der Waals surface area contributed by atoms with Gasteiger partial charge in [-0.1, -0.05) is 17.3 Å². The van der Waals surface area contributed by atoms with Crippen molar-refractivity contribution in [3.63, 3.8) is 0 Å². The second-order valence-electron chi connectivity index (χ2n) is 5.67. The standard InChI is InChI=1S/C18H20N6O.HI/c1-12-6-7-14(11-13(12)2)22-18(19)21-10-8-16-23-17(25-24-16)15-5-3-4-9-20-15;/h3-7,9,11H,8,10H2,1-2H3,(H3,19,21,22);1H. The Labute approximate surface area is 169 Å². The van der Waals surface area contributed by atoms with Crippen LogP contribution in [0.1, 0.15) is 17.0 Å². The number of nitrogens with one attached hydrogen (secondary N) is 1. The molecule has 0 radical (unpaired) electrons. The zero-order chi connectivity index (χ0) is 17.6. The van der Waals surface area contributed by atoms with E-state index in [4.69, 9.17) is 10.3 Å². The number of halogens is 1. The third-order valence-corrected chi connectivity index (χ3v) is 3.75. The van der Waals surface area contributed by atoms with Crippen molar-refractivity contribution in [3.05, 3.63) is 59.5 Å². The summed E-state index contributed by atoms with van der Waals surface area (Å²) >= 11 is 0. The average Bonchev–Trinajstić information content (AvgIpc) is 3.08. The van der Waals surface area contributed by atoms with E-state index in [1.807, 2.05) is 36.4 Å². The van der Waals surface area contributed by atoms with Crippen molar-refractivity contribution in [1.29, 1.82) is 0 Å². The molecule has 1 aromatic carbocycles. The van der Waals surface area contributed by atoms with E-state index >= 15 is 0 Å². The lowest BCUT2D eigenvalue weighted by molar-refractivity contribution is 0.421. The Hall–Kier alpha value is -2.49. The topological polar surface area (TPSA) is 102 Å². The molecule has 136 valence electrons. The van der Waals surface area contributed by atoms with Crippen molar-refractivity contribution in [2.45, 2.75) is 20.3 Å². The zero-order valence-corrected chi connectivity index (χ0v) is 17.0. The van der Waals surface area contributed by atoms with Gasteiger partial charge in [0.2, 0.25) is 0 Å². The number of anilines is 1. The van der Waals surface area contributed by atoms with Gasteiger partial charge >= 0.3 is 0 Å². The normalized spacial score (nSPS) is 11.1. The van der Waals surface area contributed by atoms with Crippen LogP contribution in [0.3, 0.4) is 0 Å². The summed E-state index contributed by atoms with van der Waals surface area (Å²) in [5, 5.41) is 7.02. The van der Waals surface area contributed by atoms with Gasteiger partial charge in [0, 0.05) is 24.8 Å². The van der Waals surface area contributed by atoms with Gasteiger partial charge in [-0.25, -0.2) is 0 Å². The van der Waals surface area contributed by atoms with Crippen LogP contribution in [-0.2, 0) is 6.42 Å². The number of pyridine rings is 1. The molecule has 8 heteroatoms. The number of rotatable bonds is 5. The highest BCUT2D eigenvalue weighted by Gasteiger charge is 2.09. The summed E-state index contributed by atoms with van der Waals surface area (Å²) < 4.78 is 5.21. The lowest BCUT2D eigenvalue weighted by Gasteiger charge is -2.07. The van der Waals surface area contributed by atoms with Gasteiger partial charge in [-0.3, -0.25) is 9.98 Å². The minimum absolute atomic E-state index is 0. The van der Waals surface area contributed by atoms with Gasteiger partial charge in [0.1, 0.15) is 5.69 Å². The Morgan fingerprint density at radius 1 is 1.19 bits per heavy atom. The van der Waals surface area contributed by atoms with Crippen molar-refractivity contribution in [1.82, 2.24) is 15.1 Å². The molecule has 0 amide bonds. The van der Waals surface area contributed by atoms with Crippen LogP contribution in [0.15, 0.2) is 52.1 Å². The maximum atomic E-state index is 5.92. The number of guanidine groups is 1. The molecule has 0 aliphatic rings. The first kappa shape index (κ1) is 19.8. The lowest BCUT2D eigenvalue weighted by atomic mass is 10.1. The minimum atomic E-state index is 0. The van der Waals surface area contributed by atoms with Crippen LogP contribution in [0.25, 0.3) is 11.6 Å². The third kappa shape index (κ3) is 5.25. The smallest absolute Gasteiger partial charge is 0.276 e. The van der Waals surface area contributed by atoms with Gasteiger partial charge < -0.3 is 15.6 Å². The van der Waals surface area contributed by atoms with Gasteiger partial charge in [0.25, 0.3) is 5.89 Å². The first-order valence-corrected chi connectivity index (χ1v) is 8.00. The van der Waals surface area contributed by atoms with Crippen LogP contribution in [0.2, 0.25) is 0 Å². The molecular formula is C18H21IN6O. The van der Waals surface area contributed by atoms with Gasteiger partial charge in [-0.05, 0) is 49.2 Å². The van der Waals surface area contributed by atoms with Crippen molar-refractivity contribution < 1.29 is 4.52 Å². The molecular weight excluding hydrogens is 443 g/mol. The molecule has 2 heterocycles. The SMILES string of the molecule is Cc1ccc(NC(N)=NCCc2noc(-c3ccccn3)n2)cc1C.I. The number of aromatic nitrogens is 3. The summed E-state index contributed by atoms with van der Waals surface area (Å²) in [5.41, 5.74) is 9.93. The molecule has 0 saturated heterocycles. The number of aliphatic imine (C=N–C) groups is 1. The quantitative estimate of drug-likeness (QED) is 0.341. The van der Waals surface area contributed by atoms with Crippen LogP contribution in [0.5, 0.6) is 0 Å². The molecule has 3 rings (SSSR count). The molecule has 3 aromatic rings. The Morgan fingerprint density at radius 3 is 2.77 bits per heavy atom. The highest BCUT2D eigenvalue weighted by atomic mass is 127. The molecule has 2 aromatic heterocycles. The Balaban J connectivity index is 0.00000243. The van der Waals surface area contributed by atoms with Crippen molar-refractivity contribution >= 4 is 35.6 Å². The number of benzene rings is 1. The van der Waals surface area contributed by atoms with E-state index in [2.05, 4.69) is 39.3 Å². The molecule has 26 heavy (non-hydrogen) atoms. The fourth-order valence-corrected chi connectivity index (χ4v) is 2.23. The first-order valence-electron chi connectivity index (χ1n) is 8.00. The predicted octanol–water partition coefficient (Wildman–Crippen LogP) is 3.34. The molecule has 0 fully saturated rings. The number of hydrogen-bond acceptors (Lipinski definition) is 5. The van der Waals surface area contributed by atoms with Crippen LogP contribution in [0, 0.1) is 13.8 Å². The fourth-order valence-electron chi connectivity index (χ4n) is 2.23. The van der Waals surface area contributed by atoms with E-state index in [0.29, 0.717) is 36.3 Å². The van der Waals surface area contributed by atoms with E-state index < -0.39 is 0 Å². The molecule has 0 saturated carbocycles. The summed E-state index contributed by atoms with van der Waals surface area (Å²) in [6, 6.07) is 11.6. The highest BCUT2D eigenvalue weighted by molar-refractivity contribution is 14.0. The van der Waals surface area contributed by atoms with Crippen molar-refractivity contribution in [2.75, 3.05) is 11.9 Å². The predicted molar refractivity (Wildman–Crippen MR) is 113 cm³/mol. The summed E-state index contributed by atoms with van der Waals surface area (Å²) in [6.45, 7) is 4.59. The second-order valence-corrected chi connectivity index (χ2v) is 5.67. The van der Waals surface area contributed by atoms with Gasteiger partial charge in [-0.15, -0.1) is 24.0 Å². The molecule has 7 nitrogen and oxygen atoms in total. The Kier molecular flexibility index (Phi) is 7.07. The Bertz CT molecular complexity index is 878. The summed E-state index contributed by atoms with van der Waals surface area (Å²) in [6.07, 6.45) is 2.22. The fraction of sp³-hybridized carbons (Fsp3) is 0.222. The van der Waals surface area contributed by atoms with E-state index in [1.165, 1.54) is 11.1 Å². The molecule has 0 bridgehead atoms. The summed E-state index contributed by atoms with van der Waals surface area (Å²) in [5.74, 6) is 1.33. The van der Waals surface area contributed by atoms with Crippen LogP contribution in [-0.4, -0.2) is 27.6 Å². The van der Waals surface area contributed by atoms with Crippen molar-refractivity contribution in [2.24, 2.45) is 10.7 Å². The average molecular weight is 464 g/mol.